The Kier molecular flexibility index (Phi) is 5.97. The maximum atomic E-state index is 12.8. The molecular weight excluding hydrogens is 193 g/mol. The van der Waals surface area contributed by atoms with Gasteiger partial charge in [0, 0.05) is 6.61 Å². The number of hydrogen-bond acceptors (Lipinski definition) is 2. The van der Waals surface area contributed by atoms with Crippen LogP contribution in [-0.4, -0.2) is 24.8 Å². The molecule has 84 valence electrons. The zero-order valence-corrected chi connectivity index (χ0v) is 8.88. The first kappa shape index (κ1) is 12.1. The molecule has 0 aliphatic heterocycles. The summed E-state index contributed by atoms with van der Waals surface area (Å²) < 4.78 is 12.8. The van der Waals surface area contributed by atoms with E-state index in [4.69, 9.17) is 5.11 Å². The Balaban J connectivity index is 2.10. The molecular formula is C12H18FNO. The van der Waals surface area contributed by atoms with Gasteiger partial charge in [0.15, 0.2) is 0 Å². The third kappa shape index (κ3) is 5.50. The summed E-state index contributed by atoms with van der Waals surface area (Å²) in [7, 11) is 0. The van der Waals surface area contributed by atoms with Gasteiger partial charge in [-0.1, -0.05) is 12.1 Å². The molecule has 0 aliphatic carbocycles. The monoisotopic (exact) mass is 211 g/mol. The van der Waals surface area contributed by atoms with Crippen molar-refractivity contribution >= 4 is 0 Å². The van der Waals surface area contributed by atoms with Gasteiger partial charge in [-0.05, 0) is 50.0 Å². The molecule has 0 unspecified atom stereocenters. The molecule has 2 N–H and O–H groups in total. The fourth-order valence-electron chi connectivity index (χ4n) is 1.41. The van der Waals surface area contributed by atoms with E-state index in [-0.39, 0.29) is 12.4 Å². The minimum absolute atomic E-state index is 0.173. The van der Waals surface area contributed by atoms with Gasteiger partial charge >= 0.3 is 0 Å². The highest BCUT2D eigenvalue weighted by Crippen LogP contribution is 2.03. The van der Waals surface area contributed by atoms with Crippen molar-refractivity contribution in [2.45, 2.75) is 19.3 Å². The Bertz CT molecular complexity index is 278. The smallest absolute Gasteiger partial charge is 0.123 e. The lowest BCUT2D eigenvalue weighted by atomic mass is 10.1. The summed E-state index contributed by atoms with van der Waals surface area (Å²) in [6.45, 7) is 2.02. The van der Waals surface area contributed by atoms with Gasteiger partial charge < -0.3 is 10.4 Å². The van der Waals surface area contributed by atoms with Crippen molar-refractivity contribution in [2.24, 2.45) is 0 Å². The average Bonchev–Trinajstić information content (AvgIpc) is 2.23. The third-order valence-corrected chi connectivity index (χ3v) is 2.24. The minimum Gasteiger partial charge on any atom is -0.396 e. The quantitative estimate of drug-likeness (QED) is 0.673. The van der Waals surface area contributed by atoms with E-state index in [2.05, 4.69) is 5.32 Å². The second kappa shape index (κ2) is 7.37. The maximum absolute atomic E-state index is 12.8. The molecule has 0 amide bonds. The Morgan fingerprint density at radius 1 is 1.20 bits per heavy atom. The summed E-state index contributed by atoms with van der Waals surface area (Å²) in [6.07, 6.45) is 2.67. The van der Waals surface area contributed by atoms with Crippen LogP contribution in [0.1, 0.15) is 18.4 Å². The van der Waals surface area contributed by atoms with Crippen molar-refractivity contribution in [1.29, 1.82) is 0 Å². The van der Waals surface area contributed by atoms with Gasteiger partial charge in [0.05, 0.1) is 0 Å². The van der Waals surface area contributed by atoms with Crippen molar-refractivity contribution in [3.05, 3.63) is 35.6 Å². The van der Waals surface area contributed by atoms with Gasteiger partial charge in [0.2, 0.25) is 0 Å². The van der Waals surface area contributed by atoms with E-state index in [1.807, 2.05) is 6.07 Å². The highest BCUT2D eigenvalue weighted by molar-refractivity contribution is 5.16. The van der Waals surface area contributed by atoms with Gasteiger partial charge in [0.25, 0.3) is 0 Å². The van der Waals surface area contributed by atoms with Crippen LogP contribution < -0.4 is 5.32 Å². The van der Waals surface area contributed by atoms with E-state index in [1.54, 1.807) is 12.1 Å². The molecule has 0 aromatic heterocycles. The first-order valence-corrected chi connectivity index (χ1v) is 5.39. The molecule has 3 heteroatoms. The first-order chi connectivity index (χ1) is 7.33. The molecule has 0 heterocycles. The summed E-state index contributed by atoms with van der Waals surface area (Å²) in [6, 6.07) is 6.68. The van der Waals surface area contributed by atoms with Crippen molar-refractivity contribution in [3.63, 3.8) is 0 Å². The normalized spacial score (nSPS) is 10.5. The van der Waals surface area contributed by atoms with Crippen LogP contribution in [0.3, 0.4) is 0 Å². The number of halogens is 1. The number of nitrogens with one attached hydrogen (secondary N) is 1. The molecule has 0 aliphatic rings. The average molecular weight is 211 g/mol. The summed E-state index contributed by atoms with van der Waals surface area (Å²) in [4.78, 5) is 0. The van der Waals surface area contributed by atoms with Crippen molar-refractivity contribution in [2.75, 3.05) is 19.7 Å². The maximum Gasteiger partial charge on any atom is 0.123 e. The summed E-state index contributed by atoms with van der Waals surface area (Å²) in [5, 5.41) is 11.8. The molecule has 15 heavy (non-hydrogen) atoms. The fraction of sp³-hybridized carbons (Fsp3) is 0.500. The highest BCUT2D eigenvalue weighted by Gasteiger charge is 1.94. The highest BCUT2D eigenvalue weighted by atomic mass is 19.1. The van der Waals surface area contributed by atoms with Crippen LogP contribution in [0, 0.1) is 5.82 Å². The van der Waals surface area contributed by atoms with E-state index in [1.165, 1.54) is 6.07 Å². The predicted molar refractivity (Wildman–Crippen MR) is 59.3 cm³/mol. The molecule has 0 saturated heterocycles. The lowest BCUT2D eigenvalue weighted by Gasteiger charge is -2.04. The number of aliphatic hydroxyl groups excluding tert-OH is 1. The van der Waals surface area contributed by atoms with Gasteiger partial charge in [-0.3, -0.25) is 0 Å². The Labute approximate surface area is 90.1 Å². The molecule has 0 spiro atoms. The van der Waals surface area contributed by atoms with Gasteiger partial charge in [0.1, 0.15) is 5.82 Å². The van der Waals surface area contributed by atoms with E-state index in [0.717, 1.165) is 37.9 Å². The Morgan fingerprint density at radius 2 is 2.07 bits per heavy atom. The second-order valence-corrected chi connectivity index (χ2v) is 3.56. The van der Waals surface area contributed by atoms with Crippen molar-refractivity contribution in [1.82, 2.24) is 5.32 Å². The van der Waals surface area contributed by atoms with Crippen LogP contribution in [0.25, 0.3) is 0 Å². The van der Waals surface area contributed by atoms with Crippen molar-refractivity contribution < 1.29 is 9.50 Å². The molecule has 0 radical (unpaired) electrons. The Morgan fingerprint density at radius 3 is 2.80 bits per heavy atom. The van der Waals surface area contributed by atoms with Gasteiger partial charge in [-0.15, -0.1) is 0 Å². The number of aliphatic hydroxyl groups is 1. The standard InChI is InChI=1S/C12H18FNO/c13-12-5-3-4-11(10-12)6-8-14-7-1-2-9-15/h3-5,10,14-15H,1-2,6-9H2. The number of unbranched alkanes of at least 4 members (excludes halogenated alkanes) is 1. The summed E-state index contributed by atoms with van der Waals surface area (Å²) in [5.41, 5.74) is 1.02. The van der Waals surface area contributed by atoms with Crippen LogP contribution >= 0.6 is 0 Å². The molecule has 1 rings (SSSR count). The lowest BCUT2D eigenvalue weighted by Crippen LogP contribution is -2.18. The number of rotatable bonds is 7. The largest absolute Gasteiger partial charge is 0.396 e. The second-order valence-electron chi connectivity index (χ2n) is 3.56. The van der Waals surface area contributed by atoms with Crippen LogP contribution in [0.2, 0.25) is 0 Å². The molecule has 0 bridgehead atoms. The van der Waals surface area contributed by atoms with Gasteiger partial charge in [-0.25, -0.2) is 4.39 Å². The molecule has 0 fully saturated rings. The molecule has 1 aromatic rings. The van der Waals surface area contributed by atoms with Crippen molar-refractivity contribution in [3.8, 4) is 0 Å². The number of hydrogen-bond donors (Lipinski definition) is 2. The molecule has 0 saturated carbocycles. The van der Waals surface area contributed by atoms with Crippen LogP contribution in [0.5, 0.6) is 0 Å². The van der Waals surface area contributed by atoms with Crippen LogP contribution in [-0.2, 0) is 6.42 Å². The summed E-state index contributed by atoms with van der Waals surface area (Å²) in [5.74, 6) is -0.173. The molecule has 1 aromatic carbocycles. The zero-order valence-electron chi connectivity index (χ0n) is 8.88. The van der Waals surface area contributed by atoms with Gasteiger partial charge in [-0.2, -0.15) is 0 Å². The van der Waals surface area contributed by atoms with E-state index < -0.39 is 0 Å². The third-order valence-electron chi connectivity index (χ3n) is 2.24. The van der Waals surface area contributed by atoms with E-state index in [0.29, 0.717) is 0 Å². The summed E-state index contributed by atoms with van der Waals surface area (Å²) >= 11 is 0. The zero-order chi connectivity index (χ0) is 10.9. The van der Waals surface area contributed by atoms with Crippen LogP contribution in [0.4, 0.5) is 4.39 Å². The fourth-order valence-corrected chi connectivity index (χ4v) is 1.41. The lowest BCUT2D eigenvalue weighted by molar-refractivity contribution is 0.284. The number of benzene rings is 1. The first-order valence-electron chi connectivity index (χ1n) is 5.39. The SMILES string of the molecule is OCCCCNCCc1cccc(F)c1. The van der Waals surface area contributed by atoms with Crippen LogP contribution in [0.15, 0.2) is 24.3 Å². The van der Waals surface area contributed by atoms with E-state index in [9.17, 15) is 4.39 Å². The minimum atomic E-state index is -0.173. The molecule has 0 atom stereocenters. The van der Waals surface area contributed by atoms with E-state index >= 15 is 0 Å². The Hall–Kier alpha value is -0.930. The molecule has 2 nitrogen and oxygen atoms in total. The predicted octanol–water partition coefficient (Wildman–Crippen LogP) is 1.73. The topological polar surface area (TPSA) is 32.3 Å².